The maximum atomic E-state index is 13.3. The second kappa shape index (κ2) is 6.79. The van der Waals surface area contributed by atoms with Crippen molar-refractivity contribution in [1.82, 2.24) is 19.3 Å². The number of hydrogen-bond acceptors (Lipinski definition) is 5. The van der Waals surface area contributed by atoms with E-state index in [0.29, 0.717) is 5.69 Å². The lowest BCUT2D eigenvalue weighted by Gasteiger charge is -2.13. The summed E-state index contributed by atoms with van der Waals surface area (Å²) < 4.78 is 3.79. The molecule has 0 fully saturated rings. The van der Waals surface area contributed by atoms with Gasteiger partial charge in [0.05, 0.1) is 23.1 Å². The van der Waals surface area contributed by atoms with E-state index in [0.717, 1.165) is 45.2 Å². The van der Waals surface area contributed by atoms with Crippen LogP contribution in [-0.2, 0) is 19.2 Å². The summed E-state index contributed by atoms with van der Waals surface area (Å²) in [4.78, 5) is 19.1. The number of nitrogens with one attached hydrogen (secondary N) is 1. The molecule has 0 aromatic carbocycles. The van der Waals surface area contributed by atoms with Crippen LogP contribution in [-0.4, -0.2) is 31.0 Å². The summed E-state index contributed by atoms with van der Waals surface area (Å²) in [5.41, 5.74) is 4.39. The Kier molecular flexibility index (Phi) is 4.25. The number of hydrogen-bond donors (Lipinski definition) is 1. The van der Waals surface area contributed by atoms with E-state index in [4.69, 9.17) is 0 Å². The molecule has 1 aliphatic rings. The molecule has 0 radical (unpaired) electrons. The van der Waals surface area contributed by atoms with Crippen molar-refractivity contribution in [3.63, 3.8) is 0 Å². The molecule has 1 aliphatic heterocycles. The molecule has 8 heteroatoms. The molecule has 0 unspecified atom stereocenters. The summed E-state index contributed by atoms with van der Waals surface area (Å²) in [7, 11) is 1.87. The first-order chi connectivity index (χ1) is 13.6. The molecule has 28 heavy (non-hydrogen) atoms. The number of aryl methyl sites for hydroxylation is 2. The van der Waals surface area contributed by atoms with Gasteiger partial charge in [0.15, 0.2) is 5.65 Å². The van der Waals surface area contributed by atoms with Gasteiger partial charge in [0.2, 0.25) is 0 Å². The fourth-order valence-corrected chi connectivity index (χ4v) is 6.12. The lowest BCUT2D eigenvalue weighted by atomic mass is 10.1. The van der Waals surface area contributed by atoms with E-state index in [1.54, 1.807) is 22.2 Å². The van der Waals surface area contributed by atoms with E-state index in [1.165, 1.54) is 10.4 Å². The number of amides is 1. The van der Waals surface area contributed by atoms with E-state index in [2.05, 4.69) is 15.4 Å². The largest absolute Gasteiger partial charge is 0.320 e. The Labute approximate surface area is 170 Å². The molecule has 0 aliphatic carbocycles. The van der Waals surface area contributed by atoms with Gasteiger partial charge in [-0.05, 0) is 42.9 Å². The molecule has 1 N–H and O–H groups in total. The predicted molar refractivity (Wildman–Crippen MR) is 115 cm³/mol. The minimum Gasteiger partial charge on any atom is -0.320 e. The molecule has 5 heterocycles. The van der Waals surface area contributed by atoms with Gasteiger partial charge in [-0.15, -0.1) is 11.3 Å². The average molecular weight is 410 g/mol. The second-order valence-electron chi connectivity index (χ2n) is 6.84. The van der Waals surface area contributed by atoms with E-state index in [9.17, 15) is 4.79 Å². The van der Waals surface area contributed by atoms with Gasteiger partial charge in [0.1, 0.15) is 5.00 Å². The van der Waals surface area contributed by atoms with Crippen molar-refractivity contribution >= 4 is 45.7 Å². The zero-order valence-corrected chi connectivity index (χ0v) is 17.2. The van der Waals surface area contributed by atoms with Crippen molar-refractivity contribution < 1.29 is 4.79 Å². The topological polar surface area (TPSA) is 64.7 Å². The van der Waals surface area contributed by atoms with Crippen molar-refractivity contribution in [2.24, 2.45) is 7.05 Å². The van der Waals surface area contributed by atoms with E-state index < -0.39 is 0 Å². The second-order valence-corrected chi connectivity index (χ2v) is 9.02. The third-order valence-electron chi connectivity index (χ3n) is 4.99. The maximum absolute atomic E-state index is 13.3. The van der Waals surface area contributed by atoms with E-state index in [-0.39, 0.29) is 5.91 Å². The zero-order valence-electron chi connectivity index (χ0n) is 15.6. The molecule has 4 aromatic heterocycles. The number of pyridine rings is 1. The van der Waals surface area contributed by atoms with Crippen LogP contribution in [0, 0.1) is 6.92 Å². The van der Waals surface area contributed by atoms with Gasteiger partial charge in [-0.1, -0.05) is 0 Å². The molecule has 0 atom stereocenters. The highest BCUT2D eigenvalue weighted by molar-refractivity contribution is 7.98. The standard InChI is InChI=1S/C20H19N5OS2/c1-12-15-9-13(10-21-18(15)24(2)23-12)22-19(26)17-14-5-8-27-11-16(14)28-20(17)25-6-3-4-7-25/h3-4,6-7,9-10H,5,8,11H2,1-2H3,(H,22,26). The maximum Gasteiger partial charge on any atom is 0.259 e. The number of nitrogens with zero attached hydrogens (tertiary/aromatic N) is 4. The Morgan fingerprint density at radius 1 is 1.29 bits per heavy atom. The molecule has 142 valence electrons. The van der Waals surface area contributed by atoms with E-state index in [1.807, 2.05) is 60.9 Å². The number of carbonyl (C=O) groups is 1. The van der Waals surface area contributed by atoms with Crippen molar-refractivity contribution in [2.75, 3.05) is 11.1 Å². The van der Waals surface area contributed by atoms with Crippen LogP contribution in [0.25, 0.3) is 16.0 Å². The normalized spacial score (nSPS) is 13.6. The Bertz CT molecular complexity index is 1190. The van der Waals surface area contributed by atoms with Crippen LogP contribution in [0.3, 0.4) is 0 Å². The average Bonchev–Trinajstić information content (AvgIpc) is 3.40. The summed E-state index contributed by atoms with van der Waals surface area (Å²) >= 11 is 3.65. The van der Waals surface area contributed by atoms with Crippen molar-refractivity contribution in [3.8, 4) is 5.00 Å². The molecule has 1 amide bonds. The number of aromatic nitrogens is 4. The minimum absolute atomic E-state index is 0.0733. The predicted octanol–water partition coefficient (Wildman–Crippen LogP) is 4.17. The molecule has 5 rings (SSSR count). The van der Waals surface area contributed by atoms with Crippen LogP contribution >= 0.6 is 23.1 Å². The van der Waals surface area contributed by atoms with Gasteiger partial charge in [0.25, 0.3) is 5.91 Å². The van der Waals surface area contributed by atoms with Crippen molar-refractivity contribution in [2.45, 2.75) is 19.1 Å². The summed E-state index contributed by atoms with van der Waals surface area (Å²) in [6.45, 7) is 1.95. The fraction of sp³-hybridized carbons (Fsp3) is 0.250. The highest BCUT2D eigenvalue weighted by atomic mass is 32.2. The minimum atomic E-state index is -0.0733. The van der Waals surface area contributed by atoms with Gasteiger partial charge in [-0.25, -0.2) is 4.98 Å². The number of thioether (sulfide) groups is 1. The quantitative estimate of drug-likeness (QED) is 0.552. The van der Waals surface area contributed by atoms with Crippen LogP contribution in [0.2, 0.25) is 0 Å². The van der Waals surface area contributed by atoms with Gasteiger partial charge < -0.3 is 9.88 Å². The monoisotopic (exact) mass is 409 g/mol. The first-order valence-corrected chi connectivity index (χ1v) is 11.1. The van der Waals surface area contributed by atoms with Crippen molar-refractivity contribution in [1.29, 1.82) is 0 Å². The number of anilines is 1. The van der Waals surface area contributed by atoms with Crippen molar-refractivity contribution in [3.05, 3.63) is 58.5 Å². The van der Waals surface area contributed by atoms with Gasteiger partial charge in [-0.2, -0.15) is 16.9 Å². The molecule has 0 saturated heterocycles. The molecule has 4 aromatic rings. The Balaban J connectivity index is 1.55. The molecule has 0 saturated carbocycles. The number of thiophene rings is 1. The first-order valence-electron chi connectivity index (χ1n) is 9.08. The molecular formula is C20H19N5OS2. The Hall–Kier alpha value is -2.58. The van der Waals surface area contributed by atoms with Gasteiger partial charge in [0, 0.05) is 35.5 Å². The summed E-state index contributed by atoms with van der Waals surface area (Å²) in [5, 5.41) is 9.42. The first kappa shape index (κ1) is 17.5. The molecule has 6 nitrogen and oxygen atoms in total. The smallest absolute Gasteiger partial charge is 0.259 e. The molecular weight excluding hydrogens is 390 g/mol. The highest BCUT2D eigenvalue weighted by Crippen LogP contribution is 2.38. The highest BCUT2D eigenvalue weighted by Gasteiger charge is 2.26. The summed E-state index contributed by atoms with van der Waals surface area (Å²) in [6.07, 6.45) is 6.62. The van der Waals surface area contributed by atoms with Crippen LogP contribution < -0.4 is 5.32 Å². The number of rotatable bonds is 3. The molecule has 0 spiro atoms. The summed E-state index contributed by atoms with van der Waals surface area (Å²) in [5.74, 6) is 1.96. The lowest BCUT2D eigenvalue weighted by Crippen LogP contribution is -2.16. The number of carbonyl (C=O) groups excluding carboxylic acids is 1. The summed E-state index contributed by atoms with van der Waals surface area (Å²) in [6, 6.07) is 5.92. The lowest BCUT2D eigenvalue weighted by molar-refractivity contribution is 0.102. The van der Waals surface area contributed by atoms with Crippen LogP contribution in [0.1, 0.15) is 26.5 Å². The van der Waals surface area contributed by atoms with Gasteiger partial charge in [-0.3, -0.25) is 9.48 Å². The zero-order chi connectivity index (χ0) is 19.3. The van der Waals surface area contributed by atoms with Gasteiger partial charge >= 0.3 is 0 Å². The Morgan fingerprint density at radius 2 is 2.11 bits per heavy atom. The van der Waals surface area contributed by atoms with Crippen LogP contribution in [0.4, 0.5) is 5.69 Å². The Morgan fingerprint density at radius 3 is 2.93 bits per heavy atom. The molecule has 0 bridgehead atoms. The third kappa shape index (κ3) is 2.84. The van der Waals surface area contributed by atoms with Crippen LogP contribution in [0.15, 0.2) is 36.8 Å². The van der Waals surface area contributed by atoms with E-state index >= 15 is 0 Å². The fourth-order valence-electron chi connectivity index (χ4n) is 3.67. The van der Waals surface area contributed by atoms with Crippen LogP contribution in [0.5, 0.6) is 0 Å². The third-order valence-corrected chi connectivity index (χ3v) is 7.40. The number of fused-ring (bicyclic) bond motifs is 2. The SMILES string of the molecule is Cc1nn(C)c2ncc(NC(=O)c3c(-n4cccc4)sc4c3CCSC4)cc12.